The Kier molecular flexibility index (Phi) is 2.38. The van der Waals surface area contributed by atoms with E-state index in [9.17, 15) is 9.59 Å². The molecule has 2 bridgehead atoms. The van der Waals surface area contributed by atoms with Crippen LogP contribution in [0.1, 0.15) is 0 Å². The van der Waals surface area contributed by atoms with Gasteiger partial charge in [-0.15, -0.1) is 0 Å². The second-order valence-corrected chi connectivity index (χ2v) is 6.13. The average molecular weight is 367 g/mol. The number of rotatable bonds is 1. The number of fused-ring (bicyclic) bond motifs is 5. The van der Waals surface area contributed by atoms with Crippen LogP contribution >= 0.6 is 22.6 Å². The lowest BCUT2D eigenvalue weighted by atomic mass is 9.85. The van der Waals surface area contributed by atoms with Gasteiger partial charge in [-0.2, -0.15) is 0 Å². The normalized spacial score (nSPS) is 35.3. The molecule has 3 aliphatic rings. The first-order valence-corrected chi connectivity index (χ1v) is 7.22. The molecular weight excluding hydrogens is 357 g/mol. The number of halogens is 1. The zero-order valence-corrected chi connectivity index (χ0v) is 12.0. The van der Waals surface area contributed by atoms with Gasteiger partial charge in [-0.25, -0.2) is 4.90 Å². The summed E-state index contributed by atoms with van der Waals surface area (Å²) < 4.78 is 6.52. The fourth-order valence-electron chi connectivity index (χ4n) is 3.17. The fraction of sp³-hybridized carbons (Fsp3) is 0.286. The Labute approximate surface area is 123 Å². The van der Waals surface area contributed by atoms with E-state index in [4.69, 9.17) is 4.74 Å². The maximum absolute atomic E-state index is 12.5. The van der Waals surface area contributed by atoms with Gasteiger partial charge in [0.15, 0.2) is 0 Å². The minimum absolute atomic E-state index is 0.129. The second kappa shape index (κ2) is 3.89. The van der Waals surface area contributed by atoms with E-state index >= 15 is 0 Å². The Bertz CT molecular complexity index is 597. The third kappa shape index (κ3) is 1.42. The Morgan fingerprint density at radius 3 is 2.16 bits per heavy atom. The molecule has 3 aliphatic heterocycles. The van der Waals surface area contributed by atoms with E-state index in [1.54, 1.807) is 0 Å². The van der Waals surface area contributed by atoms with Crippen LogP contribution in [0.4, 0.5) is 5.69 Å². The lowest BCUT2D eigenvalue weighted by Crippen LogP contribution is -2.34. The number of anilines is 1. The first-order valence-electron chi connectivity index (χ1n) is 6.14. The number of carbonyl (C=O) groups excluding carboxylic acids is 2. The first kappa shape index (κ1) is 11.6. The number of hydrogen-bond acceptors (Lipinski definition) is 3. The van der Waals surface area contributed by atoms with Crippen molar-refractivity contribution in [2.24, 2.45) is 11.8 Å². The van der Waals surface area contributed by atoms with Crippen LogP contribution in [0.2, 0.25) is 0 Å². The summed E-state index contributed by atoms with van der Waals surface area (Å²) in [6, 6.07) is 7.45. The highest BCUT2D eigenvalue weighted by Crippen LogP contribution is 2.46. The zero-order valence-electron chi connectivity index (χ0n) is 9.82. The lowest BCUT2D eigenvalue weighted by molar-refractivity contribution is -0.124. The van der Waals surface area contributed by atoms with Crippen molar-refractivity contribution in [3.05, 3.63) is 40.0 Å². The monoisotopic (exact) mass is 367 g/mol. The number of carbonyl (C=O) groups is 2. The van der Waals surface area contributed by atoms with Crippen LogP contribution in [-0.4, -0.2) is 24.0 Å². The number of amides is 2. The largest absolute Gasteiger partial charge is 0.365 e. The van der Waals surface area contributed by atoms with Gasteiger partial charge in [-0.05, 0) is 34.7 Å². The van der Waals surface area contributed by atoms with E-state index in [0.717, 1.165) is 3.57 Å². The number of imide groups is 1. The molecule has 0 unspecified atom stereocenters. The Balaban J connectivity index is 1.79. The summed E-state index contributed by atoms with van der Waals surface area (Å²) in [7, 11) is 0. The molecule has 0 spiro atoms. The van der Waals surface area contributed by atoms with Crippen molar-refractivity contribution in [2.75, 3.05) is 4.90 Å². The first-order chi connectivity index (χ1) is 9.18. The molecular formula is C14H10INO3. The molecule has 0 radical (unpaired) electrons. The zero-order chi connectivity index (χ0) is 13.1. The van der Waals surface area contributed by atoms with Gasteiger partial charge in [0.05, 0.1) is 29.7 Å². The third-order valence-electron chi connectivity index (χ3n) is 4.00. The van der Waals surface area contributed by atoms with Crippen molar-refractivity contribution in [1.29, 1.82) is 0 Å². The molecule has 2 saturated heterocycles. The van der Waals surface area contributed by atoms with E-state index in [1.807, 2.05) is 36.4 Å². The van der Waals surface area contributed by atoms with Crippen molar-refractivity contribution in [2.45, 2.75) is 12.2 Å². The van der Waals surface area contributed by atoms with Gasteiger partial charge in [0, 0.05) is 3.57 Å². The molecule has 2 amide bonds. The molecule has 0 saturated carbocycles. The highest BCUT2D eigenvalue weighted by atomic mass is 127. The van der Waals surface area contributed by atoms with Gasteiger partial charge in [0.25, 0.3) is 0 Å². The Morgan fingerprint density at radius 2 is 1.58 bits per heavy atom. The summed E-state index contributed by atoms with van der Waals surface area (Å²) in [5.74, 6) is -0.927. The summed E-state index contributed by atoms with van der Waals surface area (Å²) in [4.78, 5) is 26.4. The topological polar surface area (TPSA) is 46.6 Å². The van der Waals surface area contributed by atoms with E-state index < -0.39 is 0 Å². The third-order valence-corrected chi connectivity index (χ3v) is 4.92. The van der Waals surface area contributed by atoms with Crippen molar-refractivity contribution in [1.82, 2.24) is 0 Å². The summed E-state index contributed by atoms with van der Waals surface area (Å²) in [6.07, 6.45) is 3.35. The van der Waals surface area contributed by atoms with Gasteiger partial charge >= 0.3 is 0 Å². The standard InChI is InChI=1S/C14H10INO3/c15-7-3-1-2-4-8(7)16-13(17)11-9-5-6-10(19-9)12(11)14(16)18/h1-6,9-12H/t9-,10-,11-,12-/m0/s1. The number of benzene rings is 1. The van der Waals surface area contributed by atoms with Crippen LogP contribution < -0.4 is 4.90 Å². The molecule has 4 rings (SSSR count). The Morgan fingerprint density at radius 1 is 1.00 bits per heavy atom. The number of nitrogens with zero attached hydrogens (tertiary/aromatic N) is 1. The van der Waals surface area contributed by atoms with Gasteiger partial charge in [-0.3, -0.25) is 9.59 Å². The molecule has 1 aromatic rings. The van der Waals surface area contributed by atoms with E-state index in [2.05, 4.69) is 22.6 Å². The molecule has 4 nitrogen and oxygen atoms in total. The number of ether oxygens (including phenoxy) is 1. The van der Waals surface area contributed by atoms with Gasteiger partial charge in [0.2, 0.25) is 11.8 Å². The highest BCUT2D eigenvalue weighted by molar-refractivity contribution is 14.1. The molecule has 3 heterocycles. The van der Waals surface area contributed by atoms with Crippen LogP contribution in [-0.2, 0) is 14.3 Å². The fourth-order valence-corrected chi connectivity index (χ4v) is 3.80. The molecule has 0 aromatic heterocycles. The number of hydrogen-bond donors (Lipinski definition) is 0. The van der Waals surface area contributed by atoms with Crippen LogP contribution in [0.25, 0.3) is 0 Å². The predicted molar refractivity (Wildman–Crippen MR) is 76.4 cm³/mol. The second-order valence-electron chi connectivity index (χ2n) is 4.97. The van der Waals surface area contributed by atoms with Gasteiger partial charge in [0.1, 0.15) is 0 Å². The summed E-state index contributed by atoms with van der Waals surface area (Å²) in [5, 5.41) is 0. The maximum atomic E-state index is 12.5. The van der Waals surface area contributed by atoms with Gasteiger partial charge < -0.3 is 4.74 Å². The highest BCUT2D eigenvalue weighted by Gasteiger charge is 2.61. The number of para-hydroxylation sites is 1. The van der Waals surface area contributed by atoms with E-state index in [-0.39, 0.29) is 35.9 Å². The smallest absolute Gasteiger partial charge is 0.240 e. The molecule has 0 N–H and O–H groups in total. The molecule has 96 valence electrons. The minimum atomic E-state index is -0.335. The van der Waals surface area contributed by atoms with Gasteiger partial charge in [-0.1, -0.05) is 24.3 Å². The quantitative estimate of drug-likeness (QED) is 0.432. The summed E-state index contributed by atoms with van der Waals surface area (Å²) in [6.45, 7) is 0. The van der Waals surface area contributed by atoms with Crippen molar-refractivity contribution in [3.63, 3.8) is 0 Å². The van der Waals surface area contributed by atoms with E-state index in [1.165, 1.54) is 4.90 Å². The summed E-state index contributed by atoms with van der Waals surface area (Å²) >= 11 is 2.15. The summed E-state index contributed by atoms with van der Waals surface area (Å²) in [5.41, 5.74) is 0.687. The Hall–Kier alpha value is -1.21. The average Bonchev–Trinajstić information content (AvgIpc) is 3.06. The molecule has 5 heteroatoms. The SMILES string of the molecule is O=C1[C@@H]2[C@@H](C(=O)N1c1ccccc1I)[C@@H]1C=C[C@@H]2O1. The molecule has 1 aromatic carbocycles. The molecule has 4 atom stereocenters. The van der Waals surface area contributed by atoms with Crippen molar-refractivity contribution >= 4 is 40.1 Å². The van der Waals surface area contributed by atoms with Crippen LogP contribution in [0.5, 0.6) is 0 Å². The van der Waals surface area contributed by atoms with Crippen LogP contribution in [0.3, 0.4) is 0 Å². The maximum Gasteiger partial charge on any atom is 0.240 e. The molecule has 2 fully saturated rings. The predicted octanol–water partition coefficient (Wildman–Crippen LogP) is 1.73. The van der Waals surface area contributed by atoms with Crippen LogP contribution in [0, 0.1) is 15.4 Å². The van der Waals surface area contributed by atoms with Crippen molar-refractivity contribution < 1.29 is 14.3 Å². The van der Waals surface area contributed by atoms with E-state index in [0.29, 0.717) is 5.69 Å². The molecule has 19 heavy (non-hydrogen) atoms. The van der Waals surface area contributed by atoms with Crippen molar-refractivity contribution in [3.8, 4) is 0 Å². The minimum Gasteiger partial charge on any atom is -0.365 e. The van der Waals surface area contributed by atoms with Crippen LogP contribution in [0.15, 0.2) is 36.4 Å². The lowest BCUT2D eigenvalue weighted by Gasteiger charge is -2.18. The molecule has 0 aliphatic carbocycles.